The van der Waals surface area contributed by atoms with Crippen molar-refractivity contribution < 1.29 is 4.39 Å². The highest BCUT2D eigenvalue weighted by Crippen LogP contribution is 2.19. The van der Waals surface area contributed by atoms with Crippen LogP contribution >= 0.6 is 11.6 Å². The fraction of sp³-hybridized carbons (Fsp3) is 0.571. The Morgan fingerprint density at radius 2 is 2.06 bits per heavy atom. The van der Waals surface area contributed by atoms with Crippen molar-refractivity contribution in [1.82, 2.24) is 0 Å². The molecule has 0 aromatic heterocycles. The molecule has 0 saturated carbocycles. The molecule has 0 radical (unpaired) electrons. The molecule has 1 aromatic carbocycles. The number of unbranched alkanes of at least 4 members (excludes halogenated alkanes) is 3. The van der Waals surface area contributed by atoms with Gasteiger partial charge in [-0.2, -0.15) is 0 Å². The molecule has 0 amide bonds. The maximum absolute atomic E-state index is 13.1. The molecule has 3 heteroatoms. The van der Waals surface area contributed by atoms with Crippen molar-refractivity contribution >= 4 is 11.6 Å². The predicted molar refractivity (Wildman–Crippen MR) is 71.8 cm³/mol. The molecule has 2 N–H and O–H groups in total. The van der Waals surface area contributed by atoms with E-state index < -0.39 is 0 Å². The Kier molecular flexibility index (Phi) is 6.53. The van der Waals surface area contributed by atoms with Gasteiger partial charge in [-0.3, -0.25) is 0 Å². The SMILES string of the molecule is CCCCCCC(N)Cc1cc(F)ccc1Cl. The number of nitrogens with two attached hydrogens (primary N) is 1. The van der Waals surface area contributed by atoms with Crippen molar-refractivity contribution in [2.75, 3.05) is 0 Å². The van der Waals surface area contributed by atoms with E-state index in [-0.39, 0.29) is 11.9 Å². The van der Waals surface area contributed by atoms with Gasteiger partial charge in [0, 0.05) is 11.1 Å². The van der Waals surface area contributed by atoms with E-state index in [0.29, 0.717) is 11.4 Å². The fourth-order valence-corrected chi connectivity index (χ4v) is 2.11. The first-order chi connectivity index (χ1) is 8.13. The molecule has 17 heavy (non-hydrogen) atoms. The number of benzene rings is 1. The van der Waals surface area contributed by atoms with Crippen LogP contribution in [0.25, 0.3) is 0 Å². The van der Waals surface area contributed by atoms with Crippen LogP contribution in [-0.2, 0) is 6.42 Å². The third-order valence-corrected chi connectivity index (χ3v) is 3.29. The summed E-state index contributed by atoms with van der Waals surface area (Å²) in [7, 11) is 0. The summed E-state index contributed by atoms with van der Waals surface area (Å²) in [5, 5.41) is 0.607. The third-order valence-electron chi connectivity index (χ3n) is 2.92. The highest BCUT2D eigenvalue weighted by Gasteiger charge is 2.08. The van der Waals surface area contributed by atoms with E-state index in [1.165, 1.54) is 31.4 Å². The Morgan fingerprint density at radius 3 is 2.76 bits per heavy atom. The van der Waals surface area contributed by atoms with Gasteiger partial charge in [0.25, 0.3) is 0 Å². The molecule has 0 aliphatic heterocycles. The van der Waals surface area contributed by atoms with Gasteiger partial charge >= 0.3 is 0 Å². The van der Waals surface area contributed by atoms with Gasteiger partial charge < -0.3 is 5.73 Å². The second-order valence-corrected chi connectivity index (χ2v) is 4.96. The first-order valence-corrected chi connectivity index (χ1v) is 6.70. The van der Waals surface area contributed by atoms with Gasteiger partial charge in [0.15, 0.2) is 0 Å². The molecular weight excluding hydrogens is 237 g/mol. The zero-order chi connectivity index (χ0) is 12.7. The van der Waals surface area contributed by atoms with Crippen molar-refractivity contribution in [2.45, 2.75) is 51.5 Å². The molecule has 0 aliphatic carbocycles. The van der Waals surface area contributed by atoms with Gasteiger partial charge in [-0.1, -0.05) is 44.2 Å². The summed E-state index contributed by atoms with van der Waals surface area (Å²) in [6.07, 6.45) is 6.48. The molecular formula is C14H21ClFN. The fourth-order valence-electron chi connectivity index (χ4n) is 1.92. The summed E-state index contributed by atoms with van der Waals surface area (Å²) in [5.74, 6) is -0.248. The van der Waals surface area contributed by atoms with Crippen molar-refractivity contribution in [2.24, 2.45) is 5.73 Å². The van der Waals surface area contributed by atoms with Gasteiger partial charge in [-0.05, 0) is 36.6 Å². The predicted octanol–water partition coefficient (Wildman–Crippen LogP) is 4.32. The number of hydrogen-bond donors (Lipinski definition) is 1. The van der Waals surface area contributed by atoms with Gasteiger partial charge in [0.2, 0.25) is 0 Å². The topological polar surface area (TPSA) is 26.0 Å². The molecule has 1 atom stereocenters. The lowest BCUT2D eigenvalue weighted by Gasteiger charge is -2.12. The largest absolute Gasteiger partial charge is 0.327 e. The summed E-state index contributed by atoms with van der Waals surface area (Å²) in [6.45, 7) is 2.19. The third kappa shape index (κ3) is 5.51. The average molecular weight is 258 g/mol. The van der Waals surface area contributed by atoms with Crippen molar-refractivity contribution in [3.8, 4) is 0 Å². The van der Waals surface area contributed by atoms with Crippen LogP contribution in [0.3, 0.4) is 0 Å². The van der Waals surface area contributed by atoms with Crippen molar-refractivity contribution in [3.63, 3.8) is 0 Å². The van der Waals surface area contributed by atoms with E-state index in [1.54, 1.807) is 6.07 Å². The van der Waals surface area contributed by atoms with Crippen LogP contribution in [0.2, 0.25) is 5.02 Å². The Hall–Kier alpha value is -0.600. The summed E-state index contributed by atoms with van der Waals surface area (Å²) in [5.41, 5.74) is 6.84. The van der Waals surface area contributed by atoms with Crippen LogP contribution in [-0.4, -0.2) is 6.04 Å². The molecule has 1 rings (SSSR count). The molecule has 0 heterocycles. The Labute approximate surface area is 108 Å². The molecule has 96 valence electrons. The molecule has 0 bridgehead atoms. The lowest BCUT2D eigenvalue weighted by molar-refractivity contribution is 0.544. The van der Waals surface area contributed by atoms with E-state index >= 15 is 0 Å². The highest BCUT2D eigenvalue weighted by molar-refractivity contribution is 6.31. The highest BCUT2D eigenvalue weighted by atomic mass is 35.5. The first kappa shape index (κ1) is 14.5. The van der Waals surface area contributed by atoms with Crippen molar-refractivity contribution in [1.29, 1.82) is 0 Å². The van der Waals surface area contributed by atoms with E-state index in [2.05, 4.69) is 6.92 Å². The number of halogens is 2. The zero-order valence-electron chi connectivity index (χ0n) is 10.4. The summed E-state index contributed by atoms with van der Waals surface area (Å²) in [6, 6.07) is 4.52. The molecule has 0 spiro atoms. The Bertz CT molecular complexity index is 341. The van der Waals surface area contributed by atoms with Crippen LogP contribution in [0.15, 0.2) is 18.2 Å². The molecule has 0 aliphatic rings. The maximum atomic E-state index is 13.1. The molecule has 1 aromatic rings. The van der Waals surface area contributed by atoms with Crippen LogP contribution in [0.5, 0.6) is 0 Å². The standard InChI is InChI=1S/C14H21ClFN/c1-2-3-4-5-6-13(17)10-11-9-12(16)7-8-14(11)15/h7-9,13H,2-6,10,17H2,1H3. The first-order valence-electron chi connectivity index (χ1n) is 6.33. The monoisotopic (exact) mass is 257 g/mol. The summed E-state index contributed by atoms with van der Waals surface area (Å²) >= 11 is 6.00. The normalized spacial score (nSPS) is 12.7. The molecule has 0 fully saturated rings. The van der Waals surface area contributed by atoms with Gasteiger partial charge in [-0.25, -0.2) is 4.39 Å². The minimum absolute atomic E-state index is 0.0751. The zero-order valence-corrected chi connectivity index (χ0v) is 11.1. The lowest BCUT2D eigenvalue weighted by atomic mass is 10.0. The van der Waals surface area contributed by atoms with Crippen LogP contribution in [0.4, 0.5) is 4.39 Å². The van der Waals surface area contributed by atoms with E-state index in [4.69, 9.17) is 17.3 Å². The minimum atomic E-state index is -0.248. The van der Waals surface area contributed by atoms with E-state index in [1.807, 2.05) is 0 Å². The molecule has 1 nitrogen and oxygen atoms in total. The Morgan fingerprint density at radius 1 is 1.29 bits per heavy atom. The van der Waals surface area contributed by atoms with Crippen LogP contribution in [0.1, 0.15) is 44.6 Å². The van der Waals surface area contributed by atoms with Crippen LogP contribution in [0, 0.1) is 5.82 Å². The molecule has 0 saturated heterocycles. The van der Waals surface area contributed by atoms with Crippen LogP contribution < -0.4 is 5.73 Å². The van der Waals surface area contributed by atoms with Gasteiger partial charge in [0.05, 0.1) is 0 Å². The summed E-state index contributed by atoms with van der Waals surface area (Å²) in [4.78, 5) is 0. The number of rotatable bonds is 7. The smallest absolute Gasteiger partial charge is 0.123 e. The van der Waals surface area contributed by atoms with E-state index in [0.717, 1.165) is 18.4 Å². The van der Waals surface area contributed by atoms with Crippen molar-refractivity contribution in [3.05, 3.63) is 34.6 Å². The second kappa shape index (κ2) is 7.67. The Balaban J connectivity index is 2.39. The lowest BCUT2D eigenvalue weighted by Crippen LogP contribution is -2.22. The summed E-state index contributed by atoms with van der Waals surface area (Å²) < 4.78 is 13.1. The number of hydrogen-bond acceptors (Lipinski definition) is 1. The minimum Gasteiger partial charge on any atom is -0.327 e. The van der Waals surface area contributed by atoms with Gasteiger partial charge in [0.1, 0.15) is 5.82 Å². The average Bonchev–Trinajstić information content (AvgIpc) is 2.29. The second-order valence-electron chi connectivity index (χ2n) is 4.55. The maximum Gasteiger partial charge on any atom is 0.123 e. The van der Waals surface area contributed by atoms with E-state index in [9.17, 15) is 4.39 Å². The molecule has 1 unspecified atom stereocenters. The van der Waals surface area contributed by atoms with Gasteiger partial charge in [-0.15, -0.1) is 0 Å². The quantitative estimate of drug-likeness (QED) is 0.724.